The predicted octanol–water partition coefficient (Wildman–Crippen LogP) is 2.61. The van der Waals surface area contributed by atoms with Crippen LogP contribution in [0.5, 0.6) is 0 Å². The number of rotatable bonds is 2. The van der Waals surface area contributed by atoms with Crippen LogP contribution in [0.4, 0.5) is 0 Å². The van der Waals surface area contributed by atoms with E-state index in [4.69, 9.17) is 4.42 Å². The Labute approximate surface area is 104 Å². The number of hydrogen-bond donors (Lipinski definition) is 1. The molecular weight excluding hydrogens is 228 g/mol. The van der Waals surface area contributed by atoms with Crippen LogP contribution < -0.4 is 0 Å². The summed E-state index contributed by atoms with van der Waals surface area (Å²) in [5, 5.41) is 11.1. The van der Waals surface area contributed by atoms with Gasteiger partial charge in [-0.3, -0.25) is 0 Å². The Morgan fingerprint density at radius 2 is 1.94 bits per heavy atom. The van der Waals surface area contributed by atoms with E-state index in [1.54, 1.807) is 18.5 Å². The fourth-order valence-corrected chi connectivity index (χ4v) is 1.90. The number of aromatic nitrogens is 2. The second-order valence-electron chi connectivity index (χ2n) is 4.20. The number of furan rings is 1. The number of fused-ring (bicyclic) bond motifs is 1. The van der Waals surface area contributed by atoms with Crippen LogP contribution >= 0.6 is 0 Å². The Kier molecular flexibility index (Phi) is 2.57. The zero-order chi connectivity index (χ0) is 12.5. The molecule has 0 saturated heterocycles. The first-order valence-corrected chi connectivity index (χ1v) is 5.69. The fourth-order valence-electron chi connectivity index (χ4n) is 1.90. The van der Waals surface area contributed by atoms with Gasteiger partial charge in [0, 0.05) is 17.8 Å². The molecular formula is C14H12N2O2. The number of nitrogens with zero attached hydrogens (tertiary/aromatic N) is 2. The summed E-state index contributed by atoms with van der Waals surface area (Å²) >= 11 is 0. The molecule has 2 aromatic heterocycles. The van der Waals surface area contributed by atoms with E-state index in [0.717, 1.165) is 16.5 Å². The van der Waals surface area contributed by atoms with Gasteiger partial charge in [0.2, 0.25) is 0 Å². The summed E-state index contributed by atoms with van der Waals surface area (Å²) in [6, 6.07) is 9.41. The average molecular weight is 240 g/mol. The summed E-state index contributed by atoms with van der Waals surface area (Å²) < 4.78 is 5.61. The maximum Gasteiger partial charge on any atom is 0.171 e. The lowest BCUT2D eigenvalue weighted by Gasteiger charge is -2.04. The third kappa shape index (κ3) is 1.87. The lowest BCUT2D eigenvalue weighted by Crippen LogP contribution is -2.03. The van der Waals surface area contributed by atoms with E-state index < -0.39 is 6.10 Å². The van der Waals surface area contributed by atoms with E-state index in [1.165, 1.54) is 0 Å². The van der Waals surface area contributed by atoms with E-state index in [-0.39, 0.29) is 0 Å². The van der Waals surface area contributed by atoms with Crippen molar-refractivity contribution in [1.29, 1.82) is 0 Å². The maximum atomic E-state index is 10.1. The molecule has 0 radical (unpaired) electrons. The molecule has 0 fully saturated rings. The Morgan fingerprint density at radius 1 is 1.17 bits per heavy atom. The molecule has 0 aliphatic rings. The molecule has 3 aromatic rings. The largest absolute Gasteiger partial charge is 0.458 e. The van der Waals surface area contributed by atoms with Gasteiger partial charge in [0.1, 0.15) is 11.3 Å². The molecule has 1 unspecified atom stereocenters. The van der Waals surface area contributed by atoms with E-state index >= 15 is 0 Å². The fraction of sp³-hybridized carbons (Fsp3) is 0.143. The first-order valence-electron chi connectivity index (χ1n) is 5.69. The number of benzene rings is 1. The Bertz CT molecular complexity index is 677. The first-order chi connectivity index (χ1) is 8.74. The number of aryl methyl sites for hydroxylation is 1. The third-order valence-corrected chi connectivity index (χ3v) is 2.79. The lowest BCUT2D eigenvalue weighted by molar-refractivity contribution is 0.182. The van der Waals surface area contributed by atoms with Crippen LogP contribution in [0.1, 0.15) is 23.3 Å². The monoisotopic (exact) mass is 240 g/mol. The van der Waals surface area contributed by atoms with Gasteiger partial charge in [-0.25, -0.2) is 9.97 Å². The average Bonchev–Trinajstić information content (AvgIpc) is 2.81. The molecule has 1 N–H and O–H groups in total. The SMILES string of the molecule is Cc1ccc2oc(C(O)c3ncccn3)cc2c1. The summed E-state index contributed by atoms with van der Waals surface area (Å²) in [4.78, 5) is 8.04. The second kappa shape index (κ2) is 4.23. The second-order valence-corrected chi connectivity index (χ2v) is 4.20. The minimum atomic E-state index is -0.932. The first kappa shape index (κ1) is 10.9. The highest BCUT2D eigenvalue weighted by Crippen LogP contribution is 2.26. The molecule has 0 bridgehead atoms. The summed E-state index contributed by atoms with van der Waals surface area (Å²) in [6.45, 7) is 2.02. The smallest absolute Gasteiger partial charge is 0.171 e. The van der Waals surface area contributed by atoms with Crippen molar-refractivity contribution < 1.29 is 9.52 Å². The highest BCUT2D eigenvalue weighted by Gasteiger charge is 2.17. The summed E-state index contributed by atoms with van der Waals surface area (Å²) in [6.07, 6.45) is 2.26. The minimum absolute atomic E-state index is 0.341. The molecule has 1 atom stereocenters. The van der Waals surface area contributed by atoms with Crippen LogP contribution in [0, 0.1) is 6.92 Å². The topological polar surface area (TPSA) is 59.2 Å². The summed E-state index contributed by atoms with van der Waals surface area (Å²) in [5.41, 5.74) is 1.91. The molecule has 90 valence electrons. The Morgan fingerprint density at radius 3 is 2.72 bits per heavy atom. The van der Waals surface area contributed by atoms with Crippen molar-refractivity contribution in [2.45, 2.75) is 13.0 Å². The van der Waals surface area contributed by atoms with Crippen LogP contribution in [0.2, 0.25) is 0 Å². The van der Waals surface area contributed by atoms with Crippen molar-refractivity contribution in [3.63, 3.8) is 0 Å². The molecule has 4 heteroatoms. The minimum Gasteiger partial charge on any atom is -0.458 e. The van der Waals surface area contributed by atoms with Gasteiger partial charge >= 0.3 is 0 Å². The van der Waals surface area contributed by atoms with Gasteiger partial charge < -0.3 is 9.52 Å². The molecule has 0 spiro atoms. The van der Waals surface area contributed by atoms with Crippen LogP contribution in [0.25, 0.3) is 11.0 Å². The standard InChI is InChI=1S/C14H12N2O2/c1-9-3-4-11-10(7-9)8-12(18-11)13(17)14-15-5-2-6-16-14/h2-8,13,17H,1H3. The molecule has 0 amide bonds. The van der Waals surface area contributed by atoms with Gasteiger partial charge in [0.15, 0.2) is 11.9 Å². The van der Waals surface area contributed by atoms with Crippen molar-refractivity contribution in [2.75, 3.05) is 0 Å². The van der Waals surface area contributed by atoms with E-state index in [9.17, 15) is 5.11 Å². The Hall–Kier alpha value is -2.20. The van der Waals surface area contributed by atoms with Crippen molar-refractivity contribution in [3.05, 3.63) is 59.9 Å². The van der Waals surface area contributed by atoms with E-state index in [0.29, 0.717) is 11.6 Å². The van der Waals surface area contributed by atoms with Crippen LogP contribution in [0.3, 0.4) is 0 Å². The molecule has 2 heterocycles. The number of aliphatic hydroxyl groups excluding tert-OH is 1. The zero-order valence-corrected chi connectivity index (χ0v) is 9.87. The molecule has 0 saturated carbocycles. The molecule has 0 aliphatic heterocycles. The molecule has 1 aromatic carbocycles. The third-order valence-electron chi connectivity index (χ3n) is 2.79. The quantitative estimate of drug-likeness (QED) is 0.748. The van der Waals surface area contributed by atoms with Crippen LogP contribution in [-0.2, 0) is 0 Å². The maximum absolute atomic E-state index is 10.1. The zero-order valence-electron chi connectivity index (χ0n) is 9.87. The predicted molar refractivity (Wildman–Crippen MR) is 67.0 cm³/mol. The van der Waals surface area contributed by atoms with Crippen molar-refractivity contribution in [1.82, 2.24) is 9.97 Å². The van der Waals surface area contributed by atoms with Crippen molar-refractivity contribution in [3.8, 4) is 0 Å². The number of hydrogen-bond acceptors (Lipinski definition) is 4. The normalized spacial score (nSPS) is 12.8. The molecule has 18 heavy (non-hydrogen) atoms. The van der Waals surface area contributed by atoms with Gasteiger partial charge in [-0.2, -0.15) is 0 Å². The molecule has 3 rings (SSSR count). The van der Waals surface area contributed by atoms with Gasteiger partial charge in [0.25, 0.3) is 0 Å². The van der Waals surface area contributed by atoms with E-state index in [2.05, 4.69) is 9.97 Å². The van der Waals surface area contributed by atoms with Gasteiger partial charge in [-0.15, -0.1) is 0 Å². The van der Waals surface area contributed by atoms with Crippen molar-refractivity contribution >= 4 is 11.0 Å². The van der Waals surface area contributed by atoms with Gasteiger partial charge in [0.05, 0.1) is 0 Å². The van der Waals surface area contributed by atoms with Crippen molar-refractivity contribution in [2.24, 2.45) is 0 Å². The van der Waals surface area contributed by atoms with Gasteiger partial charge in [-0.05, 0) is 31.2 Å². The highest BCUT2D eigenvalue weighted by atomic mass is 16.4. The van der Waals surface area contributed by atoms with Crippen LogP contribution in [0.15, 0.2) is 47.1 Å². The summed E-state index contributed by atoms with van der Waals surface area (Å²) in [5.74, 6) is 0.801. The molecule has 0 aliphatic carbocycles. The Balaban J connectivity index is 2.04. The number of aliphatic hydroxyl groups is 1. The lowest BCUT2D eigenvalue weighted by atomic mass is 10.1. The summed E-state index contributed by atoms with van der Waals surface area (Å²) in [7, 11) is 0. The highest BCUT2D eigenvalue weighted by molar-refractivity contribution is 5.78. The van der Waals surface area contributed by atoms with E-state index in [1.807, 2.05) is 31.2 Å². The van der Waals surface area contributed by atoms with Gasteiger partial charge in [-0.1, -0.05) is 11.6 Å². The van der Waals surface area contributed by atoms with Crippen LogP contribution in [-0.4, -0.2) is 15.1 Å². The molecule has 4 nitrogen and oxygen atoms in total.